The number of rotatable bonds is 2. The lowest BCUT2D eigenvalue weighted by Gasteiger charge is -2.48. The molecule has 4 rings (SSSR count). The Labute approximate surface area is 138 Å². The SMILES string of the molecule is CN1CCC2(CC1)CN(Cc1cnn(C)c1)Cc1ccccc12. The minimum Gasteiger partial charge on any atom is -0.306 e. The highest BCUT2D eigenvalue weighted by molar-refractivity contribution is 5.38. The van der Waals surface area contributed by atoms with Crippen LogP contribution in [0.3, 0.4) is 0 Å². The average Bonchev–Trinajstić information content (AvgIpc) is 2.95. The molecule has 0 amide bonds. The fourth-order valence-corrected chi connectivity index (χ4v) is 4.38. The number of nitrogens with zero attached hydrogens (tertiary/aromatic N) is 4. The first-order chi connectivity index (χ1) is 11.1. The van der Waals surface area contributed by atoms with E-state index in [1.54, 1.807) is 5.56 Å². The van der Waals surface area contributed by atoms with Crippen molar-refractivity contribution in [3.05, 3.63) is 53.3 Å². The summed E-state index contributed by atoms with van der Waals surface area (Å²) in [6.45, 7) is 5.64. The summed E-state index contributed by atoms with van der Waals surface area (Å²) < 4.78 is 1.90. The first-order valence-electron chi connectivity index (χ1n) is 8.61. The second kappa shape index (κ2) is 5.77. The van der Waals surface area contributed by atoms with Crippen LogP contribution in [0.1, 0.15) is 29.5 Å². The second-order valence-corrected chi connectivity index (χ2v) is 7.41. The molecular weight excluding hydrogens is 284 g/mol. The molecule has 4 heteroatoms. The predicted molar refractivity (Wildman–Crippen MR) is 92.2 cm³/mol. The van der Waals surface area contributed by atoms with E-state index in [-0.39, 0.29) is 0 Å². The molecule has 0 saturated carbocycles. The molecule has 0 aliphatic carbocycles. The van der Waals surface area contributed by atoms with E-state index in [9.17, 15) is 0 Å². The van der Waals surface area contributed by atoms with Gasteiger partial charge in [-0.25, -0.2) is 0 Å². The summed E-state index contributed by atoms with van der Waals surface area (Å²) in [5.74, 6) is 0. The zero-order valence-corrected chi connectivity index (χ0v) is 14.2. The molecular formula is C19H26N4. The molecule has 4 nitrogen and oxygen atoms in total. The number of hydrogen-bond acceptors (Lipinski definition) is 3. The van der Waals surface area contributed by atoms with Gasteiger partial charge in [0.05, 0.1) is 6.20 Å². The summed E-state index contributed by atoms with van der Waals surface area (Å²) in [5, 5.41) is 4.32. The quantitative estimate of drug-likeness (QED) is 0.851. The van der Waals surface area contributed by atoms with Crippen molar-refractivity contribution in [1.82, 2.24) is 19.6 Å². The van der Waals surface area contributed by atoms with Gasteiger partial charge in [0.15, 0.2) is 0 Å². The van der Waals surface area contributed by atoms with Gasteiger partial charge in [0.1, 0.15) is 0 Å². The van der Waals surface area contributed by atoms with E-state index in [1.807, 2.05) is 17.9 Å². The molecule has 0 radical (unpaired) electrons. The van der Waals surface area contributed by atoms with Crippen molar-refractivity contribution in [2.45, 2.75) is 31.3 Å². The Bertz CT molecular complexity index is 682. The van der Waals surface area contributed by atoms with Gasteiger partial charge in [-0.15, -0.1) is 0 Å². The Morgan fingerprint density at radius 2 is 1.91 bits per heavy atom. The molecule has 3 heterocycles. The molecule has 1 aromatic heterocycles. The number of hydrogen-bond donors (Lipinski definition) is 0. The van der Waals surface area contributed by atoms with Crippen molar-refractivity contribution in [2.75, 3.05) is 26.7 Å². The number of fused-ring (bicyclic) bond motifs is 2. The minimum absolute atomic E-state index is 0.337. The van der Waals surface area contributed by atoms with Crippen molar-refractivity contribution in [2.24, 2.45) is 7.05 Å². The van der Waals surface area contributed by atoms with Crippen LogP contribution in [0, 0.1) is 0 Å². The lowest BCUT2D eigenvalue weighted by molar-refractivity contribution is 0.105. The molecule has 1 aromatic carbocycles. The second-order valence-electron chi connectivity index (χ2n) is 7.41. The van der Waals surface area contributed by atoms with E-state index in [2.05, 4.69) is 52.4 Å². The third kappa shape index (κ3) is 2.81. The molecule has 1 saturated heterocycles. The van der Waals surface area contributed by atoms with Crippen molar-refractivity contribution in [3.63, 3.8) is 0 Å². The third-order valence-corrected chi connectivity index (χ3v) is 5.62. The van der Waals surface area contributed by atoms with Crippen LogP contribution in [-0.4, -0.2) is 46.3 Å². The molecule has 23 heavy (non-hydrogen) atoms. The van der Waals surface area contributed by atoms with E-state index in [0.29, 0.717) is 5.41 Å². The zero-order chi connectivity index (χ0) is 15.9. The van der Waals surface area contributed by atoms with Crippen molar-refractivity contribution >= 4 is 0 Å². The normalized spacial score (nSPS) is 21.5. The first-order valence-corrected chi connectivity index (χ1v) is 8.61. The lowest BCUT2D eigenvalue weighted by Crippen LogP contribution is -2.51. The Kier molecular flexibility index (Phi) is 3.74. The molecule has 2 aromatic rings. The minimum atomic E-state index is 0.337. The van der Waals surface area contributed by atoms with Crippen LogP contribution in [-0.2, 0) is 25.6 Å². The van der Waals surface area contributed by atoms with E-state index in [4.69, 9.17) is 0 Å². The standard InChI is InChI=1S/C19H26N4/c1-21-9-7-19(8-10-21)15-23(13-16-11-20-22(2)12-16)14-17-5-3-4-6-18(17)19/h3-6,11-12H,7-10,13-15H2,1-2H3. The lowest BCUT2D eigenvalue weighted by atomic mass is 9.69. The average molecular weight is 310 g/mol. The monoisotopic (exact) mass is 310 g/mol. The largest absolute Gasteiger partial charge is 0.306 e. The topological polar surface area (TPSA) is 24.3 Å². The summed E-state index contributed by atoms with van der Waals surface area (Å²) in [6, 6.07) is 9.11. The summed E-state index contributed by atoms with van der Waals surface area (Å²) in [4.78, 5) is 5.08. The van der Waals surface area contributed by atoms with Gasteiger partial charge < -0.3 is 4.90 Å². The Hall–Kier alpha value is -1.65. The summed E-state index contributed by atoms with van der Waals surface area (Å²) in [6.07, 6.45) is 6.68. The van der Waals surface area contributed by atoms with Crippen LogP contribution in [0.5, 0.6) is 0 Å². The van der Waals surface area contributed by atoms with Crippen LogP contribution < -0.4 is 0 Å². The van der Waals surface area contributed by atoms with Crippen LogP contribution in [0.25, 0.3) is 0 Å². The van der Waals surface area contributed by atoms with E-state index < -0.39 is 0 Å². The van der Waals surface area contributed by atoms with Crippen molar-refractivity contribution < 1.29 is 0 Å². The first kappa shape index (κ1) is 14.9. The smallest absolute Gasteiger partial charge is 0.0534 e. The number of benzene rings is 1. The Balaban J connectivity index is 1.63. The molecule has 1 spiro atoms. The molecule has 2 aliphatic heterocycles. The van der Waals surface area contributed by atoms with Gasteiger partial charge in [-0.1, -0.05) is 24.3 Å². The zero-order valence-electron chi connectivity index (χ0n) is 14.2. The number of aryl methyl sites for hydroxylation is 1. The maximum absolute atomic E-state index is 4.32. The number of likely N-dealkylation sites (tertiary alicyclic amines) is 1. The van der Waals surface area contributed by atoms with Crippen LogP contribution in [0.2, 0.25) is 0 Å². The van der Waals surface area contributed by atoms with Gasteiger partial charge in [0.25, 0.3) is 0 Å². The molecule has 2 aliphatic rings. The maximum atomic E-state index is 4.32. The fraction of sp³-hybridized carbons (Fsp3) is 0.526. The van der Waals surface area contributed by atoms with Crippen LogP contribution in [0.15, 0.2) is 36.7 Å². The van der Waals surface area contributed by atoms with Crippen LogP contribution >= 0.6 is 0 Å². The third-order valence-electron chi connectivity index (χ3n) is 5.62. The highest BCUT2D eigenvalue weighted by Crippen LogP contribution is 2.41. The summed E-state index contributed by atoms with van der Waals surface area (Å²) in [7, 11) is 4.24. The van der Waals surface area contributed by atoms with Crippen molar-refractivity contribution in [3.8, 4) is 0 Å². The molecule has 1 fully saturated rings. The number of piperidine rings is 1. The van der Waals surface area contributed by atoms with E-state index in [1.165, 1.54) is 43.6 Å². The van der Waals surface area contributed by atoms with E-state index in [0.717, 1.165) is 13.1 Å². The van der Waals surface area contributed by atoms with Gasteiger partial charge in [-0.3, -0.25) is 9.58 Å². The van der Waals surface area contributed by atoms with Gasteiger partial charge in [-0.05, 0) is 44.1 Å². The van der Waals surface area contributed by atoms with Crippen molar-refractivity contribution in [1.29, 1.82) is 0 Å². The van der Waals surface area contributed by atoms with E-state index >= 15 is 0 Å². The summed E-state index contributed by atoms with van der Waals surface area (Å²) >= 11 is 0. The van der Waals surface area contributed by atoms with Gasteiger partial charge >= 0.3 is 0 Å². The van der Waals surface area contributed by atoms with Gasteiger partial charge in [0.2, 0.25) is 0 Å². The fourth-order valence-electron chi connectivity index (χ4n) is 4.38. The maximum Gasteiger partial charge on any atom is 0.0534 e. The highest BCUT2D eigenvalue weighted by Gasteiger charge is 2.41. The number of aromatic nitrogens is 2. The van der Waals surface area contributed by atoms with Gasteiger partial charge in [0, 0.05) is 43.9 Å². The predicted octanol–water partition coefficient (Wildman–Crippen LogP) is 2.40. The Morgan fingerprint density at radius 1 is 1.13 bits per heavy atom. The van der Waals surface area contributed by atoms with Gasteiger partial charge in [-0.2, -0.15) is 5.10 Å². The molecule has 0 bridgehead atoms. The molecule has 0 N–H and O–H groups in total. The Morgan fingerprint density at radius 3 is 2.65 bits per heavy atom. The molecule has 0 unspecified atom stereocenters. The van der Waals surface area contributed by atoms with Crippen LogP contribution in [0.4, 0.5) is 0 Å². The summed E-state index contributed by atoms with van der Waals surface area (Å²) in [5.41, 5.74) is 4.78. The highest BCUT2D eigenvalue weighted by atomic mass is 15.2. The molecule has 0 atom stereocenters. The molecule has 122 valence electrons.